The zero-order chi connectivity index (χ0) is 22.8. The van der Waals surface area contributed by atoms with Crippen molar-refractivity contribution in [1.29, 1.82) is 0 Å². The van der Waals surface area contributed by atoms with Gasteiger partial charge in [0.15, 0.2) is 11.9 Å². The highest BCUT2D eigenvalue weighted by atomic mass is 16.5. The fraction of sp³-hybridized carbons (Fsp3) is 0.400. The molecule has 0 aliphatic rings. The van der Waals surface area contributed by atoms with Gasteiger partial charge in [0, 0.05) is 5.92 Å². The molecule has 0 saturated carbocycles. The quantitative estimate of drug-likeness (QED) is 0.538. The molecule has 3 aromatic rings. The third kappa shape index (κ3) is 5.32. The van der Waals surface area contributed by atoms with Crippen molar-refractivity contribution in [3.05, 3.63) is 59.4 Å². The van der Waals surface area contributed by atoms with Gasteiger partial charge < -0.3 is 14.6 Å². The van der Waals surface area contributed by atoms with E-state index < -0.39 is 6.10 Å². The maximum Gasteiger partial charge on any atom is 0.265 e. The minimum atomic E-state index is -0.684. The zero-order valence-corrected chi connectivity index (χ0v) is 19.3. The first-order valence-corrected chi connectivity index (χ1v) is 10.6. The predicted octanol–water partition coefficient (Wildman–Crippen LogP) is 5.87. The summed E-state index contributed by atoms with van der Waals surface area (Å²) >= 11 is 0. The number of nitrogens with one attached hydrogen (secondary N) is 1. The highest BCUT2D eigenvalue weighted by Crippen LogP contribution is 2.31. The number of anilines is 1. The molecule has 1 atom stereocenters. The van der Waals surface area contributed by atoms with E-state index in [9.17, 15) is 4.79 Å². The van der Waals surface area contributed by atoms with Gasteiger partial charge in [-0.2, -0.15) is 4.98 Å². The van der Waals surface area contributed by atoms with Crippen molar-refractivity contribution in [1.82, 2.24) is 10.1 Å². The minimum Gasteiger partial charge on any atom is -0.481 e. The number of nitrogens with zero attached hydrogens (tertiary/aromatic N) is 2. The normalized spacial score (nSPS) is 12.6. The molecule has 1 aromatic heterocycles. The molecule has 2 aromatic carbocycles. The van der Waals surface area contributed by atoms with Gasteiger partial charge >= 0.3 is 0 Å². The first-order chi connectivity index (χ1) is 14.6. The van der Waals surface area contributed by atoms with Crippen molar-refractivity contribution in [3.8, 4) is 17.2 Å². The number of amides is 1. The molecule has 164 valence electrons. The van der Waals surface area contributed by atoms with Crippen LogP contribution in [0.1, 0.15) is 64.4 Å². The van der Waals surface area contributed by atoms with Crippen LogP contribution in [-0.2, 0) is 10.2 Å². The number of para-hydroxylation sites is 1. The summed E-state index contributed by atoms with van der Waals surface area (Å²) in [4.78, 5) is 17.4. The van der Waals surface area contributed by atoms with E-state index in [0.29, 0.717) is 28.7 Å². The van der Waals surface area contributed by atoms with Crippen molar-refractivity contribution < 1.29 is 14.1 Å². The Hall–Kier alpha value is -3.15. The SMILES string of the molecule is Cc1cccc(-c2nc(C(C)C)no2)c1NC(=O)C(C)Oc1cccc(C(C)(C)C)c1. The molecule has 0 aliphatic heterocycles. The Morgan fingerprint density at radius 3 is 2.45 bits per heavy atom. The number of ether oxygens (including phenoxy) is 1. The summed E-state index contributed by atoms with van der Waals surface area (Å²) in [5, 5.41) is 7.03. The molecular weight excluding hydrogens is 390 g/mol. The summed E-state index contributed by atoms with van der Waals surface area (Å²) in [5.74, 6) is 1.58. The van der Waals surface area contributed by atoms with Gasteiger partial charge in [-0.3, -0.25) is 4.79 Å². The Morgan fingerprint density at radius 2 is 1.81 bits per heavy atom. The Balaban J connectivity index is 1.80. The molecule has 0 aliphatic carbocycles. The van der Waals surface area contributed by atoms with Crippen LogP contribution in [0.25, 0.3) is 11.5 Å². The lowest BCUT2D eigenvalue weighted by molar-refractivity contribution is -0.122. The smallest absolute Gasteiger partial charge is 0.265 e. The third-order valence-electron chi connectivity index (χ3n) is 5.09. The molecular formula is C25H31N3O3. The average molecular weight is 422 g/mol. The van der Waals surface area contributed by atoms with Gasteiger partial charge in [0.2, 0.25) is 0 Å². The van der Waals surface area contributed by atoms with Gasteiger partial charge in [-0.15, -0.1) is 0 Å². The molecule has 6 heteroatoms. The Labute approximate surface area is 184 Å². The van der Waals surface area contributed by atoms with E-state index in [0.717, 1.165) is 11.1 Å². The molecule has 0 fully saturated rings. The van der Waals surface area contributed by atoms with Crippen molar-refractivity contribution in [2.45, 2.75) is 65.9 Å². The summed E-state index contributed by atoms with van der Waals surface area (Å²) in [6, 6.07) is 13.5. The Morgan fingerprint density at radius 1 is 1.10 bits per heavy atom. The van der Waals surface area contributed by atoms with Crippen molar-refractivity contribution >= 4 is 11.6 Å². The largest absolute Gasteiger partial charge is 0.481 e. The number of rotatable bonds is 6. The van der Waals surface area contributed by atoms with Gasteiger partial charge in [-0.05, 0) is 48.6 Å². The number of benzene rings is 2. The molecule has 6 nitrogen and oxygen atoms in total. The maximum absolute atomic E-state index is 12.9. The molecule has 0 radical (unpaired) electrons. The molecule has 31 heavy (non-hydrogen) atoms. The molecule has 1 N–H and O–H groups in total. The van der Waals surface area contributed by atoms with Crippen molar-refractivity contribution in [2.24, 2.45) is 0 Å². The minimum absolute atomic E-state index is 0.000164. The lowest BCUT2D eigenvalue weighted by Crippen LogP contribution is -2.30. The van der Waals surface area contributed by atoms with E-state index in [4.69, 9.17) is 9.26 Å². The van der Waals surface area contributed by atoms with Crippen LogP contribution < -0.4 is 10.1 Å². The van der Waals surface area contributed by atoms with Crippen LogP contribution >= 0.6 is 0 Å². The lowest BCUT2D eigenvalue weighted by Gasteiger charge is -2.21. The number of carbonyl (C=O) groups excluding carboxylic acids is 1. The number of hydrogen-bond acceptors (Lipinski definition) is 5. The van der Waals surface area contributed by atoms with E-state index in [-0.39, 0.29) is 17.2 Å². The second kappa shape index (κ2) is 8.92. The van der Waals surface area contributed by atoms with E-state index in [2.05, 4.69) is 42.3 Å². The summed E-state index contributed by atoms with van der Waals surface area (Å²) in [6.07, 6.45) is -0.684. The first kappa shape index (κ1) is 22.5. The third-order valence-corrected chi connectivity index (χ3v) is 5.09. The molecule has 0 bridgehead atoms. The average Bonchev–Trinajstić information content (AvgIpc) is 3.19. The van der Waals surface area contributed by atoms with E-state index in [1.807, 2.05) is 57.2 Å². The van der Waals surface area contributed by atoms with E-state index >= 15 is 0 Å². The molecule has 3 rings (SSSR count). The molecule has 1 unspecified atom stereocenters. The van der Waals surface area contributed by atoms with Gasteiger partial charge in [-0.25, -0.2) is 0 Å². The summed E-state index contributed by atoms with van der Waals surface area (Å²) in [5.41, 5.74) is 3.38. The van der Waals surface area contributed by atoms with Crippen LogP contribution in [0.2, 0.25) is 0 Å². The first-order valence-electron chi connectivity index (χ1n) is 10.6. The van der Waals surface area contributed by atoms with Gasteiger partial charge in [0.1, 0.15) is 5.75 Å². The molecule has 1 amide bonds. The van der Waals surface area contributed by atoms with Crippen LogP contribution in [0.4, 0.5) is 5.69 Å². The van der Waals surface area contributed by atoms with Crippen LogP contribution in [0, 0.1) is 6.92 Å². The standard InChI is InChI=1S/C25H31N3O3/c1-15(2)22-27-24(31-28-22)20-13-8-10-16(3)21(20)26-23(29)17(4)30-19-12-9-11-18(14-19)25(5,6)7/h8-15,17H,1-7H3,(H,26,29). The fourth-order valence-electron chi connectivity index (χ4n) is 3.11. The van der Waals surface area contributed by atoms with E-state index in [1.165, 1.54) is 0 Å². The van der Waals surface area contributed by atoms with Crippen molar-refractivity contribution in [2.75, 3.05) is 5.32 Å². The summed E-state index contributed by atoms with van der Waals surface area (Å²) < 4.78 is 11.4. The fourth-order valence-corrected chi connectivity index (χ4v) is 3.11. The van der Waals surface area contributed by atoms with Gasteiger partial charge in [-0.1, -0.05) is 64.0 Å². The van der Waals surface area contributed by atoms with E-state index in [1.54, 1.807) is 6.92 Å². The molecule has 1 heterocycles. The lowest BCUT2D eigenvalue weighted by atomic mass is 9.87. The number of hydrogen-bond donors (Lipinski definition) is 1. The highest BCUT2D eigenvalue weighted by Gasteiger charge is 2.22. The predicted molar refractivity (Wildman–Crippen MR) is 122 cm³/mol. The topological polar surface area (TPSA) is 77.3 Å². The zero-order valence-electron chi connectivity index (χ0n) is 19.3. The second-order valence-electron chi connectivity index (χ2n) is 9.14. The Bertz CT molecular complexity index is 1060. The van der Waals surface area contributed by atoms with Gasteiger partial charge in [0.25, 0.3) is 11.8 Å². The summed E-state index contributed by atoms with van der Waals surface area (Å²) in [7, 11) is 0. The number of carbonyl (C=O) groups is 1. The number of aromatic nitrogens is 2. The molecule has 0 spiro atoms. The van der Waals surface area contributed by atoms with Crippen LogP contribution in [0.5, 0.6) is 5.75 Å². The maximum atomic E-state index is 12.9. The Kier molecular flexibility index (Phi) is 6.48. The molecule has 0 saturated heterocycles. The van der Waals surface area contributed by atoms with Crippen LogP contribution in [0.15, 0.2) is 47.0 Å². The summed E-state index contributed by atoms with van der Waals surface area (Å²) in [6.45, 7) is 14.1. The second-order valence-corrected chi connectivity index (χ2v) is 9.14. The number of aryl methyl sites for hydroxylation is 1. The monoisotopic (exact) mass is 421 g/mol. The highest BCUT2D eigenvalue weighted by molar-refractivity contribution is 5.98. The van der Waals surface area contributed by atoms with Crippen molar-refractivity contribution in [3.63, 3.8) is 0 Å². The van der Waals surface area contributed by atoms with Gasteiger partial charge in [0.05, 0.1) is 11.3 Å². The van der Waals surface area contributed by atoms with Crippen LogP contribution in [-0.4, -0.2) is 22.2 Å². The van der Waals surface area contributed by atoms with Crippen LogP contribution in [0.3, 0.4) is 0 Å².